The molecule has 39 heavy (non-hydrogen) atoms. The molecule has 1 radical (unpaired) electrons. The topological polar surface area (TPSA) is 230 Å². The molecule has 0 spiro atoms. The van der Waals surface area contributed by atoms with Crippen LogP contribution in [-0.2, 0) is 57.2 Å². The second kappa shape index (κ2) is 15.5. The Morgan fingerprint density at radius 2 is 0.641 bits per heavy atom. The number of sulfonamides is 4. The van der Waals surface area contributed by atoms with Gasteiger partial charge in [0.2, 0.25) is 0 Å². The summed E-state index contributed by atoms with van der Waals surface area (Å²) in [7, 11) is -26.9. The van der Waals surface area contributed by atoms with Gasteiger partial charge in [0.25, 0.3) is 0 Å². The average molecular weight is 735 g/mol. The van der Waals surface area contributed by atoms with E-state index in [2.05, 4.69) is 16.7 Å². The van der Waals surface area contributed by atoms with Crippen LogP contribution in [0.1, 0.15) is 0 Å². The summed E-state index contributed by atoms with van der Waals surface area (Å²) in [6.45, 7) is 0. The van der Waals surface area contributed by atoms with Crippen LogP contribution in [0, 0.1) is 0 Å². The van der Waals surface area contributed by atoms with Gasteiger partial charge in [0.05, 0.1) is 0 Å². The maximum atomic E-state index is 11.4. The van der Waals surface area contributed by atoms with Crippen LogP contribution in [0.5, 0.6) is 0 Å². The van der Waals surface area contributed by atoms with Crippen molar-refractivity contribution < 1.29 is 103 Å². The Kier molecular flexibility index (Phi) is 17.6. The number of aromatic nitrogens is 1. The van der Waals surface area contributed by atoms with Gasteiger partial charge in [-0.15, -0.1) is 0 Å². The first kappa shape index (κ1) is 44.5. The summed E-state index contributed by atoms with van der Waals surface area (Å²) < 4.78 is 218. The Bertz CT molecular complexity index is 1080. The van der Waals surface area contributed by atoms with Crippen molar-refractivity contribution in [2.45, 2.75) is 22.0 Å². The Morgan fingerprint density at radius 3 is 0.718 bits per heavy atom. The predicted molar refractivity (Wildman–Crippen MR) is 99.2 cm³/mol. The average Bonchev–Trinajstić information content (AvgIpc) is 2.67. The Labute approximate surface area is 221 Å². The molecular weight excluding hydrogens is 726 g/mol. The summed E-state index contributed by atoms with van der Waals surface area (Å²) in [6, 6.07) is 5.72. The fraction of sp³-hybridized carbons (Fsp3) is 0.444. The van der Waals surface area contributed by atoms with Gasteiger partial charge in [0, 0.05) is 12.4 Å². The number of nitrogens with two attached hydrogens (primary N) is 2. The van der Waals surface area contributed by atoms with Gasteiger partial charge in [-0.05, 0) is 12.1 Å². The molecule has 0 aliphatic carbocycles. The molecule has 13 nitrogen and oxygen atoms in total. The van der Waals surface area contributed by atoms with Crippen molar-refractivity contribution in [3.63, 3.8) is 0 Å². The van der Waals surface area contributed by atoms with Crippen molar-refractivity contribution in [3.05, 3.63) is 38.8 Å². The van der Waals surface area contributed by atoms with Gasteiger partial charge in [-0.1, -0.05) is 6.07 Å². The number of alkyl halides is 12. The van der Waals surface area contributed by atoms with Gasteiger partial charge in [-0.2, -0.15) is 52.7 Å². The van der Waals surface area contributed by atoms with Gasteiger partial charge < -0.3 is 8.25 Å². The SMILES string of the molecule is NN.O=S(=O)([N-]S(=O)(=O)C(F)(F)F)C(F)(F)F.O=S(=O)([N-]S(=O)(=O)C(F)(F)F)C(F)(F)F.[Cu+2].c1ccncc1. The van der Waals surface area contributed by atoms with Crippen molar-refractivity contribution in [1.82, 2.24) is 4.98 Å². The van der Waals surface area contributed by atoms with Gasteiger partial charge in [-0.3, -0.25) is 16.7 Å². The maximum Gasteiger partial charge on any atom is 2.00 e. The van der Waals surface area contributed by atoms with Crippen LogP contribution >= 0.6 is 0 Å². The molecule has 0 amide bonds. The van der Waals surface area contributed by atoms with Crippen LogP contribution in [0.25, 0.3) is 8.25 Å². The minimum Gasteiger partial charge on any atom is -0.421 e. The van der Waals surface area contributed by atoms with Crippen LogP contribution in [0.2, 0.25) is 0 Å². The fourth-order valence-corrected chi connectivity index (χ4v) is 4.16. The van der Waals surface area contributed by atoms with Crippen LogP contribution in [0.15, 0.2) is 30.6 Å². The summed E-state index contributed by atoms with van der Waals surface area (Å²) in [4.78, 5) is 3.78. The number of nitrogens with zero attached hydrogens (tertiary/aromatic N) is 3. The summed E-state index contributed by atoms with van der Waals surface area (Å²) in [5, 5.41) is 0. The zero-order valence-electron chi connectivity index (χ0n) is 17.1. The van der Waals surface area contributed by atoms with Gasteiger partial charge in [0.1, 0.15) is 0 Å². The van der Waals surface area contributed by atoms with Crippen molar-refractivity contribution >= 4 is 40.1 Å². The maximum absolute atomic E-state index is 11.4. The number of hydrogen-bond acceptors (Lipinski definition) is 11. The molecule has 0 aromatic carbocycles. The van der Waals surface area contributed by atoms with E-state index in [-0.39, 0.29) is 17.1 Å². The van der Waals surface area contributed by atoms with Crippen LogP contribution < -0.4 is 11.7 Å². The largest absolute Gasteiger partial charge is 2.00 e. The van der Waals surface area contributed by atoms with Crippen molar-refractivity contribution in [2.75, 3.05) is 0 Å². The normalized spacial score (nSPS) is 13.2. The van der Waals surface area contributed by atoms with E-state index in [1.54, 1.807) is 12.4 Å². The van der Waals surface area contributed by atoms with Gasteiger partial charge in [0.15, 0.2) is 40.1 Å². The number of rotatable bonds is 4. The molecule has 4 N–H and O–H groups in total. The van der Waals surface area contributed by atoms with Crippen molar-refractivity contribution in [2.24, 2.45) is 11.7 Å². The second-order valence-corrected chi connectivity index (χ2v) is 11.7. The predicted octanol–water partition coefficient (Wildman–Crippen LogP) is 2.02. The molecule has 1 rings (SSSR count). The quantitative estimate of drug-likeness (QED) is 0.197. The molecule has 0 saturated heterocycles. The molecule has 1 aromatic heterocycles. The molecule has 0 fully saturated rings. The van der Waals surface area contributed by atoms with E-state index in [0.717, 1.165) is 8.25 Å². The molecule has 0 aliphatic rings. The smallest absolute Gasteiger partial charge is 0.421 e. The Morgan fingerprint density at radius 1 is 0.462 bits per heavy atom. The molecule has 0 atom stereocenters. The second-order valence-electron chi connectivity index (χ2n) is 4.86. The Hall–Kier alpha value is -1.53. The number of pyridine rings is 1. The molecule has 237 valence electrons. The first-order valence-corrected chi connectivity index (χ1v) is 13.1. The van der Waals surface area contributed by atoms with E-state index >= 15 is 0 Å². The van der Waals surface area contributed by atoms with E-state index in [4.69, 9.17) is 0 Å². The van der Waals surface area contributed by atoms with E-state index < -0.39 is 62.1 Å². The molecule has 1 heterocycles. The molecule has 0 bridgehead atoms. The third-order valence-electron chi connectivity index (χ3n) is 2.13. The minimum atomic E-state index is -6.72. The number of hydrogen-bond donors (Lipinski definition) is 2. The van der Waals surface area contributed by atoms with Crippen LogP contribution in [-0.4, -0.2) is 60.7 Å². The van der Waals surface area contributed by atoms with Crippen LogP contribution in [0.3, 0.4) is 0 Å². The fourth-order valence-electron chi connectivity index (χ4n) is 0.740. The standard InChI is InChI=1S/C5H5N.2C2F6NO4S2.Cu.H4N2/c1-2-4-6-5-3-1;2*3-1(4,5)14(10,11)9-15(12,13)2(6,7)8;;1-2/h1-5H;;;;1-2H2/q;2*-1;+2;. The van der Waals surface area contributed by atoms with E-state index in [1.165, 1.54) is 0 Å². The molecule has 0 unspecified atom stereocenters. The first-order chi connectivity index (χ1) is 16.4. The van der Waals surface area contributed by atoms with Crippen LogP contribution in [0.4, 0.5) is 52.7 Å². The summed E-state index contributed by atoms with van der Waals surface area (Å²) in [5.41, 5.74) is -24.8. The monoisotopic (exact) mass is 734 g/mol. The minimum absolute atomic E-state index is 0. The molecule has 1 aromatic rings. The summed E-state index contributed by atoms with van der Waals surface area (Å²) >= 11 is 0. The zero-order chi connectivity index (χ0) is 31.7. The van der Waals surface area contributed by atoms with Crippen molar-refractivity contribution in [3.8, 4) is 0 Å². The molecule has 0 aliphatic heterocycles. The van der Waals surface area contributed by atoms with E-state index in [0.29, 0.717) is 0 Å². The number of halogens is 12. The zero-order valence-corrected chi connectivity index (χ0v) is 21.3. The summed E-state index contributed by atoms with van der Waals surface area (Å²) in [6.07, 6.45) is 3.50. The third-order valence-corrected chi connectivity index (χ3v) is 7.61. The number of hydrazine groups is 1. The molecular formula is C9H9CuF12N5O8S4. The molecule has 0 saturated carbocycles. The first-order valence-electron chi connectivity index (χ1n) is 7.33. The third kappa shape index (κ3) is 15.7. The van der Waals surface area contributed by atoms with Gasteiger partial charge >= 0.3 is 39.1 Å². The van der Waals surface area contributed by atoms with E-state index in [9.17, 15) is 86.4 Å². The summed E-state index contributed by atoms with van der Waals surface area (Å²) in [5.74, 6) is 8.00. The van der Waals surface area contributed by atoms with E-state index in [1.807, 2.05) is 18.2 Å². The Balaban J connectivity index is -0.000000241. The van der Waals surface area contributed by atoms with Crippen molar-refractivity contribution in [1.29, 1.82) is 0 Å². The molecule has 30 heteroatoms. The van der Waals surface area contributed by atoms with Gasteiger partial charge in [-0.25, -0.2) is 33.7 Å².